The van der Waals surface area contributed by atoms with Gasteiger partial charge >= 0.3 is 0 Å². The fraction of sp³-hybridized carbons (Fsp3) is 0.185. The summed E-state index contributed by atoms with van der Waals surface area (Å²) in [6, 6.07) is 21.5. The number of thiazole rings is 1. The first-order valence-corrected chi connectivity index (χ1v) is 13.2. The van der Waals surface area contributed by atoms with Gasteiger partial charge in [-0.25, -0.2) is 4.98 Å². The van der Waals surface area contributed by atoms with Crippen molar-refractivity contribution >= 4 is 50.2 Å². The van der Waals surface area contributed by atoms with Gasteiger partial charge in [-0.15, -0.1) is 11.3 Å². The lowest BCUT2D eigenvalue weighted by atomic mass is 9.90. The van der Waals surface area contributed by atoms with Crippen molar-refractivity contribution in [2.75, 3.05) is 7.11 Å². The molecule has 3 N–H and O–H groups in total. The number of nitrogens with zero attached hydrogens (tertiary/aromatic N) is 1. The van der Waals surface area contributed by atoms with Crippen molar-refractivity contribution in [2.24, 2.45) is 0 Å². The third kappa shape index (κ3) is 4.07. The molecule has 3 heterocycles. The number of methoxy groups -OCH3 is 1. The average Bonchev–Trinajstić information content (AvgIpc) is 3.47. The number of carbonyl (C=O) groups is 1. The van der Waals surface area contributed by atoms with E-state index in [4.69, 9.17) is 9.72 Å². The topological polar surface area (TPSA) is 94.6 Å². The first-order chi connectivity index (χ1) is 17.1. The lowest BCUT2D eigenvalue weighted by Crippen LogP contribution is -2.95. The van der Waals surface area contributed by atoms with Crippen molar-refractivity contribution in [1.29, 1.82) is 0 Å². The van der Waals surface area contributed by atoms with Crippen molar-refractivity contribution in [3.63, 3.8) is 0 Å². The van der Waals surface area contributed by atoms with Crippen LogP contribution in [0.25, 0.3) is 21.1 Å². The minimum atomic E-state index is -1.04. The van der Waals surface area contributed by atoms with Gasteiger partial charge in [-0.3, -0.25) is 0 Å². The predicted molar refractivity (Wildman–Crippen MR) is 137 cm³/mol. The van der Waals surface area contributed by atoms with Crippen LogP contribution in [0.4, 0.5) is 0 Å². The van der Waals surface area contributed by atoms with Crippen LogP contribution in [0.3, 0.4) is 0 Å². The zero-order valence-electron chi connectivity index (χ0n) is 19.0. The number of carboxylic acid groups (broad SMARTS) is 1. The number of para-hydroxylation sites is 2. The maximum Gasteiger partial charge on any atom is 0.153 e. The van der Waals surface area contributed by atoms with Gasteiger partial charge in [0.15, 0.2) is 10.4 Å². The zero-order chi connectivity index (χ0) is 23.9. The van der Waals surface area contributed by atoms with E-state index in [9.17, 15) is 9.90 Å². The molecule has 0 fully saturated rings. The molecule has 0 saturated heterocycles. The van der Waals surface area contributed by atoms with Gasteiger partial charge in [0, 0.05) is 34.2 Å². The number of carboxylic acids is 1. The summed E-state index contributed by atoms with van der Waals surface area (Å²) < 4.78 is 7.84. The molecule has 2 aromatic heterocycles. The number of carbonyl (C=O) groups excluding carboxylic acids is 1. The SMILES string of the molecule is COc1ccc([C@H]2[NH2+][C@@H](C(=O)[O-])Cc3c2[nH]c2ccccc32)cc1CSc1nc2ccccc2s1. The molecule has 0 saturated carbocycles. The molecule has 1 aliphatic rings. The summed E-state index contributed by atoms with van der Waals surface area (Å²) in [7, 11) is 1.68. The molecular formula is C27H23N3O3S2. The average molecular weight is 502 g/mol. The Morgan fingerprint density at radius 2 is 2.03 bits per heavy atom. The van der Waals surface area contributed by atoms with Crippen molar-refractivity contribution in [1.82, 2.24) is 9.97 Å². The molecule has 0 bridgehead atoms. The Kier molecular flexibility index (Phi) is 5.72. The summed E-state index contributed by atoms with van der Waals surface area (Å²) >= 11 is 3.37. The number of benzene rings is 3. The maximum atomic E-state index is 11.9. The molecule has 5 aromatic rings. The second-order valence-corrected chi connectivity index (χ2v) is 10.9. The van der Waals surface area contributed by atoms with Crippen molar-refractivity contribution < 1.29 is 20.0 Å². The van der Waals surface area contributed by atoms with Crippen LogP contribution in [0.2, 0.25) is 0 Å². The molecule has 176 valence electrons. The molecule has 6 nitrogen and oxygen atoms in total. The third-order valence-electron chi connectivity index (χ3n) is 6.60. The Morgan fingerprint density at radius 1 is 1.20 bits per heavy atom. The quantitative estimate of drug-likeness (QED) is 0.348. The second-order valence-electron chi connectivity index (χ2n) is 8.67. The van der Waals surface area contributed by atoms with E-state index >= 15 is 0 Å². The van der Waals surface area contributed by atoms with Gasteiger partial charge in [-0.2, -0.15) is 0 Å². The van der Waals surface area contributed by atoms with E-state index in [2.05, 4.69) is 17.1 Å². The van der Waals surface area contributed by atoms with Crippen LogP contribution in [0.5, 0.6) is 5.75 Å². The van der Waals surface area contributed by atoms with E-state index in [1.54, 1.807) is 30.2 Å². The second kappa shape index (κ2) is 9.03. The molecule has 0 spiro atoms. The van der Waals surface area contributed by atoms with E-state index in [1.165, 1.54) is 4.70 Å². The van der Waals surface area contributed by atoms with Gasteiger partial charge in [0.05, 0.1) is 29.0 Å². The smallest absolute Gasteiger partial charge is 0.153 e. The number of H-pyrrole nitrogens is 1. The van der Waals surface area contributed by atoms with Gasteiger partial charge in [0.1, 0.15) is 11.8 Å². The number of ether oxygens (including phenoxy) is 1. The van der Waals surface area contributed by atoms with Crippen LogP contribution in [-0.4, -0.2) is 29.1 Å². The van der Waals surface area contributed by atoms with E-state index in [-0.39, 0.29) is 6.04 Å². The Balaban J connectivity index is 1.36. The highest BCUT2D eigenvalue weighted by atomic mass is 32.2. The lowest BCUT2D eigenvalue weighted by molar-refractivity contribution is -0.717. The van der Waals surface area contributed by atoms with Gasteiger partial charge in [0.2, 0.25) is 0 Å². The maximum absolute atomic E-state index is 11.9. The molecule has 8 heteroatoms. The number of aliphatic carboxylic acids is 1. The molecule has 2 atom stereocenters. The van der Waals surface area contributed by atoms with E-state index < -0.39 is 12.0 Å². The van der Waals surface area contributed by atoms with Crippen molar-refractivity contribution in [3.8, 4) is 5.75 Å². The summed E-state index contributed by atoms with van der Waals surface area (Å²) in [6.45, 7) is 0. The number of nitrogens with one attached hydrogen (secondary N) is 1. The molecule has 0 unspecified atom stereocenters. The fourth-order valence-electron chi connectivity index (χ4n) is 4.92. The number of aromatic amines is 1. The monoisotopic (exact) mass is 501 g/mol. The fourth-order valence-corrected chi connectivity index (χ4v) is 6.97. The van der Waals surface area contributed by atoms with Crippen LogP contribution in [0, 0.1) is 0 Å². The minimum absolute atomic E-state index is 0.175. The standard InChI is InChI=1S/C27H23N3O3S2/c1-33-22-11-10-15(12-16(22)14-34-27-30-20-8-4-5-9-23(20)35-27)24-25-18(13-21(29-24)26(31)32)17-6-2-3-7-19(17)28-25/h2-12,21,24,28-29H,13-14H2,1H3,(H,31,32)/t21-,24-/m1/s1. The van der Waals surface area contributed by atoms with Gasteiger partial charge in [-0.05, 0) is 42.0 Å². The Labute approximate surface area is 210 Å². The number of rotatable bonds is 6. The summed E-state index contributed by atoms with van der Waals surface area (Å²) in [5.74, 6) is 0.477. The van der Waals surface area contributed by atoms with E-state index in [0.717, 1.165) is 48.9 Å². The molecule has 0 amide bonds. The van der Waals surface area contributed by atoms with Crippen LogP contribution < -0.4 is 15.2 Å². The highest BCUT2D eigenvalue weighted by Crippen LogP contribution is 2.36. The van der Waals surface area contributed by atoms with Gasteiger partial charge in [0.25, 0.3) is 0 Å². The Morgan fingerprint density at radius 3 is 2.86 bits per heavy atom. The van der Waals surface area contributed by atoms with Crippen LogP contribution >= 0.6 is 23.1 Å². The van der Waals surface area contributed by atoms with Crippen molar-refractivity contribution in [3.05, 3.63) is 89.1 Å². The van der Waals surface area contributed by atoms with Crippen LogP contribution in [0.15, 0.2) is 71.1 Å². The Bertz CT molecular complexity index is 1530. The molecule has 1 aliphatic heterocycles. The lowest BCUT2D eigenvalue weighted by Gasteiger charge is -2.29. The summed E-state index contributed by atoms with van der Waals surface area (Å²) in [5, 5.41) is 14.9. The third-order valence-corrected chi connectivity index (χ3v) is 8.83. The number of quaternary nitrogens is 1. The molecular weight excluding hydrogens is 478 g/mol. The first-order valence-electron chi connectivity index (χ1n) is 11.4. The largest absolute Gasteiger partial charge is 0.544 e. The normalized spacial score (nSPS) is 17.5. The summed E-state index contributed by atoms with van der Waals surface area (Å²) in [5.41, 5.74) is 6.23. The summed E-state index contributed by atoms with van der Waals surface area (Å²) in [6.07, 6.45) is 0.439. The molecule has 6 rings (SSSR count). The summed E-state index contributed by atoms with van der Waals surface area (Å²) in [4.78, 5) is 20.2. The van der Waals surface area contributed by atoms with Gasteiger partial charge < -0.3 is 24.9 Å². The number of fused-ring (bicyclic) bond motifs is 4. The number of aromatic nitrogens is 2. The minimum Gasteiger partial charge on any atom is -0.544 e. The number of thioether (sulfide) groups is 1. The first kappa shape index (κ1) is 22.2. The van der Waals surface area contributed by atoms with E-state index in [0.29, 0.717) is 12.2 Å². The zero-order valence-corrected chi connectivity index (χ0v) is 20.6. The Hall–Kier alpha value is -3.33. The number of hydrogen-bond donors (Lipinski definition) is 2. The predicted octanol–water partition coefficient (Wildman–Crippen LogP) is 3.41. The molecule has 35 heavy (non-hydrogen) atoms. The molecule has 3 aromatic carbocycles. The van der Waals surface area contributed by atoms with E-state index in [1.807, 2.05) is 59.9 Å². The number of hydrogen-bond acceptors (Lipinski definition) is 6. The van der Waals surface area contributed by atoms with Crippen molar-refractivity contribution in [2.45, 2.75) is 28.6 Å². The number of nitrogens with two attached hydrogens (primary N) is 1. The molecule has 0 aliphatic carbocycles. The van der Waals surface area contributed by atoms with Crippen LogP contribution in [0.1, 0.15) is 28.4 Å². The highest BCUT2D eigenvalue weighted by molar-refractivity contribution is 8.00. The molecule has 0 radical (unpaired) electrons. The van der Waals surface area contributed by atoms with Gasteiger partial charge in [-0.1, -0.05) is 42.1 Å². The van der Waals surface area contributed by atoms with Crippen LogP contribution in [-0.2, 0) is 17.0 Å². The highest BCUT2D eigenvalue weighted by Gasteiger charge is 2.35.